The van der Waals surface area contributed by atoms with E-state index in [9.17, 15) is 0 Å². The van der Waals surface area contributed by atoms with Crippen molar-refractivity contribution < 1.29 is 0 Å². The maximum absolute atomic E-state index is 3.15. The van der Waals surface area contributed by atoms with Crippen LogP contribution in [-0.2, 0) is 0 Å². The third kappa shape index (κ3) is 1.59. The van der Waals surface area contributed by atoms with Crippen LogP contribution in [0.5, 0.6) is 0 Å². The number of nitrogens with one attached hydrogen (secondary N) is 1. The van der Waals surface area contributed by atoms with Gasteiger partial charge in [-0.05, 0) is 6.92 Å². The van der Waals surface area contributed by atoms with E-state index in [-0.39, 0.29) is 0 Å². The zero-order valence-electron chi connectivity index (χ0n) is 8.78. The van der Waals surface area contributed by atoms with Gasteiger partial charge in [-0.3, -0.25) is 10.0 Å². The lowest BCUT2D eigenvalue weighted by atomic mass is 10.1. The topological polar surface area (TPSA) is 18.5 Å². The van der Waals surface area contributed by atoms with E-state index in [0.29, 0.717) is 0 Å². The maximum Gasteiger partial charge on any atom is 0.0780 e. The Morgan fingerprint density at radius 1 is 1.07 bits per heavy atom. The highest BCUT2D eigenvalue weighted by atomic mass is 15.8. The van der Waals surface area contributed by atoms with Crippen molar-refractivity contribution in [2.45, 2.75) is 6.92 Å². The van der Waals surface area contributed by atoms with Crippen LogP contribution in [0.3, 0.4) is 0 Å². The van der Waals surface area contributed by atoms with Gasteiger partial charge in [-0.1, -0.05) is 29.8 Å². The van der Waals surface area contributed by atoms with Gasteiger partial charge in [0.2, 0.25) is 0 Å². The van der Waals surface area contributed by atoms with Crippen LogP contribution in [0, 0.1) is 6.92 Å². The van der Waals surface area contributed by atoms with Crippen LogP contribution in [0.15, 0.2) is 30.5 Å². The lowest BCUT2D eigenvalue weighted by Gasteiger charge is -2.17. The molecule has 1 N–H and O–H groups in total. The molecule has 74 valence electrons. The summed E-state index contributed by atoms with van der Waals surface area (Å²) in [5.74, 6) is 0. The van der Waals surface area contributed by atoms with Crippen molar-refractivity contribution in [3.05, 3.63) is 41.6 Å². The van der Waals surface area contributed by atoms with Gasteiger partial charge in [0.25, 0.3) is 0 Å². The molecule has 1 heterocycles. The Kier molecular flexibility index (Phi) is 2.17. The highest BCUT2D eigenvalue weighted by molar-refractivity contribution is 5.64. The highest BCUT2D eigenvalue weighted by Gasteiger charge is 2.14. The summed E-state index contributed by atoms with van der Waals surface area (Å²) >= 11 is 0. The summed E-state index contributed by atoms with van der Waals surface area (Å²) in [7, 11) is 3.99. The molecule has 0 spiro atoms. The van der Waals surface area contributed by atoms with Gasteiger partial charge < -0.3 is 0 Å². The molecule has 0 amide bonds. The van der Waals surface area contributed by atoms with E-state index in [4.69, 9.17) is 0 Å². The molecule has 1 aromatic rings. The fourth-order valence-electron chi connectivity index (χ4n) is 1.58. The molecule has 1 aromatic carbocycles. The van der Waals surface area contributed by atoms with E-state index >= 15 is 0 Å². The molecule has 1 aliphatic heterocycles. The summed E-state index contributed by atoms with van der Waals surface area (Å²) in [6.45, 7) is 2.10. The second-order valence-corrected chi connectivity index (χ2v) is 3.65. The molecule has 2 rings (SSSR count). The Labute approximate surface area is 84.6 Å². The van der Waals surface area contributed by atoms with Crippen LogP contribution in [0.4, 0.5) is 0 Å². The largest absolute Gasteiger partial charge is 0.299 e. The maximum atomic E-state index is 3.15. The summed E-state index contributed by atoms with van der Waals surface area (Å²) < 4.78 is 0. The number of aryl methyl sites for hydroxylation is 1. The zero-order chi connectivity index (χ0) is 10.1. The lowest BCUT2D eigenvalue weighted by molar-refractivity contribution is 0.199. The van der Waals surface area contributed by atoms with Gasteiger partial charge >= 0.3 is 0 Å². The second kappa shape index (κ2) is 3.35. The van der Waals surface area contributed by atoms with Crippen LogP contribution in [-0.4, -0.2) is 24.1 Å². The first-order valence-electron chi connectivity index (χ1n) is 4.68. The highest BCUT2D eigenvalue weighted by Crippen LogP contribution is 2.20. The average molecular weight is 189 g/mol. The minimum Gasteiger partial charge on any atom is -0.299 e. The Morgan fingerprint density at radius 3 is 2.21 bits per heavy atom. The molecule has 0 fully saturated rings. The molecule has 0 saturated carbocycles. The van der Waals surface area contributed by atoms with Gasteiger partial charge in [-0.25, -0.2) is 0 Å². The SMILES string of the molecule is Cc1ccc(C2=CN(C)NN2C)cc1. The Balaban J connectivity index is 2.31. The molecule has 3 heteroatoms. The van der Waals surface area contributed by atoms with E-state index in [1.54, 1.807) is 0 Å². The monoisotopic (exact) mass is 189 g/mol. The fourth-order valence-corrected chi connectivity index (χ4v) is 1.58. The van der Waals surface area contributed by atoms with E-state index in [2.05, 4.69) is 42.9 Å². The number of rotatable bonds is 1. The van der Waals surface area contributed by atoms with Gasteiger partial charge in [0.1, 0.15) is 0 Å². The smallest absolute Gasteiger partial charge is 0.0780 e. The fraction of sp³-hybridized carbons (Fsp3) is 0.273. The van der Waals surface area contributed by atoms with E-state index in [0.717, 1.165) is 0 Å². The van der Waals surface area contributed by atoms with Gasteiger partial charge in [0.15, 0.2) is 0 Å². The third-order valence-electron chi connectivity index (χ3n) is 2.33. The molecule has 0 aromatic heterocycles. The summed E-state index contributed by atoms with van der Waals surface area (Å²) in [6, 6.07) is 8.53. The van der Waals surface area contributed by atoms with E-state index in [1.165, 1.54) is 16.8 Å². The summed E-state index contributed by atoms with van der Waals surface area (Å²) in [5, 5.41) is 3.94. The molecule has 14 heavy (non-hydrogen) atoms. The minimum atomic E-state index is 1.19. The summed E-state index contributed by atoms with van der Waals surface area (Å²) in [6.07, 6.45) is 2.07. The second-order valence-electron chi connectivity index (χ2n) is 3.65. The first-order valence-corrected chi connectivity index (χ1v) is 4.68. The number of hydrogen-bond donors (Lipinski definition) is 1. The zero-order valence-corrected chi connectivity index (χ0v) is 8.78. The van der Waals surface area contributed by atoms with Crippen LogP contribution in [0.1, 0.15) is 11.1 Å². The molecule has 0 aliphatic carbocycles. The van der Waals surface area contributed by atoms with Crippen molar-refractivity contribution in [2.75, 3.05) is 14.1 Å². The van der Waals surface area contributed by atoms with Crippen LogP contribution in [0.2, 0.25) is 0 Å². The quantitative estimate of drug-likeness (QED) is 0.723. The molecule has 0 radical (unpaired) electrons. The predicted octanol–water partition coefficient (Wildman–Crippen LogP) is 1.59. The number of nitrogens with zero attached hydrogens (tertiary/aromatic N) is 2. The Bertz CT molecular complexity index is 353. The van der Waals surface area contributed by atoms with Crippen LogP contribution < -0.4 is 5.53 Å². The minimum absolute atomic E-state index is 1.19. The molecular formula is C11H15N3. The van der Waals surface area contributed by atoms with Crippen molar-refractivity contribution in [3.8, 4) is 0 Å². The normalized spacial score (nSPS) is 16.1. The lowest BCUT2D eigenvalue weighted by Crippen LogP contribution is -2.35. The van der Waals surface area contributed by atoms with E-state index in [1.807, 2.05) is 24.1 Å². The van der Waals surface area contributed by atoms with Gasteiger partial charge in [-0.2, -0.15) is 0 Å². The number of benzene rings is 1. The first kappa shape index (κ1) is 9.09. The average Bonchev–Trinajstić information content (AvgIpc) is 2.47. The van der Waals surface area contributed by atoms with Crippen LogP contribution >= 0.6 is 0 Å². The van der Waals surface area contributed by atoms with Crippen LogP contribution in [0.25, 0.3) is 5.70 Å². The van der Waals surface area contributed by atoms with Gasteiger partial charge in [0, 0.05) is 25.9 Å². The predicted molar refractivity (Wildman–Crippen MR) is 57.8 cm³/mol. The van der Waals surface area contributed by atoms with Crippen molar-refractivity contribution in [1.82, 2.24) is 15.6 Å². The molecular weight excluding hydrogens is 174 g/mol. The number of hydrazine groups is 2. The van der Waals surface area contributed by atoms with Gasteiger partial charge in [0.05, 0.1) is 5.70 Å². The molecule has 1 aliphatic rings. The standard InChI is InChI=1S/C11H15N3/c1-9-4-6-10(7-5-9)11-8-13(2)12-14(11)3/h4-8,12H,1-3H3. The molecule has 3 nitrogen and oxygen atoms in total. The third-order valence-corrected chi connectivity index (χ3v) is 2.33. The Hall–Kier alpha value is -1.48. The first-order chi connectivity index (χ1) is 6.66. The summed E-state index contributed by atoms with van der Waals surface area (Å²) in [4.78, 5) is 0. The van der Waals surface area contributed by atoms with Crippen molar-refractivity contribution in [2.24, 2.45) is 0 Å². The molecule has 0 atom stereocenters. The Morgan fingerprint density at radius 2 is 1.71 bits per heavy atom. The molecule has 0 unspecified atom stereocenters. The summed E-state index contributed by atoms with van der Waals surface area (Å²) in [5.41, 5.74) is 6.86. The van der Waals surface area contributed by atoms with Crippen molar-refractivity contribution in [1.29, 1.82) is 0 Å². The van der Waals surface area contributed by atoms with Crippen molar-refractivity contribution >= 4 is 5.70 Å². The number of hydrogen-bond acceptors (Lipinski definition) is 3. The molecule has 0 bridgehead atoms. The molecule has 0 saturated heterocycles. The van der Waals surface area contributed by atoms with Crippen molar-refractivity contribution in [3.63, 3.8) is 0 Å². The van der Waals surface area contributed by atoms with Gasteiger partial charge in [-0.15, -0.1) is 5.53 Å². The van der Waals surface area contributed by atoms with E-state index < -0.39 is 0 Å².